The summed E-state index contributed by atoms with van der Waals surface area (Å²) in [7, 11) is 0. The van der Waals surface area contributed by atoms with Crippen molar-refractivity contribution in [1.29, 1.82) is 0 Å². The quantitative estimate of drug-likeness (QED) is 0.200. The van der Waals surface area contributed by atoms with Crippen LogP contribution >= 0.6 is 11.3 Å². The first-order chi connectivity index (χ1) is 24.3. The van der Waals surface area contributed by atoms with Crippen LogP contribution in [0.1, 0.15) is 23.5 Å². The Morgan fingerprint density at radius 3 is 2.02 bits per heavy atom. The predicted molar refractivity (Wildman–Crippen MR) is 207 cm³/mol. The highest BCUT2D eigenvalue weighted by molar-refractivity contribution is 7.25. The number of hydrogen-bond acceptors (Lipinski definition) is 3. The highest BCUT2D eigenvalue weighted by Crippen LogP contribution is 2.45. The average molecular weight is 647 g/mol. The Labute approximate surface area is 286 Å². The highest BCUT2D eigenvalue weighted by Gasteiger charge is 2.30. The Bertz CT molecular complexity index is 2900. The van der Waals surface area contributed by atoms with Gasteiger partial charge < -0.3 is 14.5 Å². The molecule has 2 unspecified atom stereocenters. The molecular formula is C44H30N4S. The molecule has 11 rings (SSSR count). The topological polar surface area (TPSA) is 33.9 Å². The van der Waals surface area contributed by atoms with Gasteiger partial charge >= 0.3 is 0 Å². The number of anilines is 1. The van der Waals surface area contributed by atoms with Crippen molar-refractivity contribution in [3.05, 3.63) is 169 Å². The zero-order valence-corrected chi connectivity index (χ0v) is 27.3. The van der Waals surface area contributed by atoms with Crippen LogP contribution in [0.25, 0.3) is 69.5 Å². The van der Waals surface area contributed by atoms with Crippen molar-refractivity contribution in [3.63, 3.8) is 0 Å². The van der Waals surface area contributed by atoms with Crippen molar-refractivity contribution in [3.8, 4) is 5.69 Å². The zero-order valence-electron chi connectivity index (χ0n) is 26.5. The van der Waals surface area contributed by atoms with Crippen LogP contribution < -0.4 is 10.6 Å². The first-order valence-corrected chi connectivity index (χ1v) is 17.7. The van der Waals surface area contributed by atoms with Crippen molar-refractivity contribution in [2.45, 2.75) is 12.3 Å². The molecule has 232 valence electrons. The Balaban J connectivity index is 1.26. The molecular weight excluding hydrogens is 617 g/mol. The van der Waals surface area contributed by atoms with E-state index >= 15 is 0 Å². The van der Waals surface area contributed by atoms with Gasteiger partial charge in [0, 0.05) is 53.1 Å². The summed E-state index contributed by atoms with van der Waals surface area (Å²) in [5.41, 5.74) is 9.64. The van der Waals surface area contributed by atoms with Gasteiger partial charge in [-0.25, -0.2) is 0 Å². The third kappa shape index (κ3) is 3.94. The number of benzene rings is 7. The van der Waals surface area contributed by atoms with Crippen molar-refractivity contribution < 1.29 is 0 Å². The van der Waals surface area contributed by atoms with E-state index in [1.54, 1.807) is 0 Å². The first-order valence-electron chi connectivity index (χ1n) is 16.8. The molecule has 0 fully saturated rings. The predicted octanol–water partition coefficient (Wildman–Crippen LogP) is 11.5. The van der Waals surface area contributed by atoms with Crippen LogP contribution in [0.3, 0.4) is 0 Å². The fourth-order valence-electron chi connectivity index (χ4n) is 8.23. The van der Waals surface area contributed by atoms with Crippen LogP contribution in [0.2, 0.25) is 0 Å². The van der Waals surface area contributed by atoms with E-state index in [1.807, 2.05) is 11.3 Å². The summed E-state index contributed by atoms with van der Waals surface area (Å²) < 4.78 is 7.56. The lowest BCUT2D eigenvalue weighted by atomic mass is 9.95. The molecule has 4 nitrogen and oxygen atoms in total. The van der Waals surface area contributed by atoms with E-state index < -0.39 is 0 Å². The summed E-state index contributed by atoms with van der Waals surface area (Å²) >= 11 is 1.88. The SMILES string of the molecule is c1ccc(C2NC(n3c4cc5c(cc4c4cc6c7ccccc7n(-c7ccccc7)c6cc43)sc3ccccc35)Nc3ccccc32)cc1. The summed E-state index contributed by atoms with van der Waals surface area (Å²) in [5.74, 6) is 0. The maximum absolute atomic E-state index is 4.06. The molecule has 1 aliphatic heterocycles. The Kier molecular flexibility index (Phi) is 5.70. The van der Waals surface area contributed by atoms with Crippen LogP contribution in [0, 0.1) is 0 Å². The molecule has 2 N–H and O–H groups in total. The largest absolute Gasteiger partial charge is 0.352 e. The number of fused-ring (bicyclic) bond motifs is 10. The monoisotopic (exact) mass is 646 g/mol. The molecule has 4 heterocycles. The van der Waals surface area contributed by atoms with Crippen LogP contribution in [-0.4, -0.2) is 9.13 Å². The number of hydrogen-bond donors (Lipinski definition) is 2. The lowest BCUT2D eigenvalue weighted by Crippen LogP contribution is -2.40. The molecule has 0 saturated carbocycles. The molecule has 0 bridgehead atoms. The summed E-state index contributed by atoms with van der Waals surface area (Å²) in [6.45, 7) is 0. The van der Waals surface area contributed by atoms with Gasteiger partial charge in [0.15, 0.2) is 6.29 Å². The second-order valence-corrected chi connectivity index (χ2v) is 14.1. The van der Waals surface area contributed by atoms with E-state index in [2.05, 4.69) is 177 Å². The minimum Gasteiger partial charge on any atom is -0.352 e. The second-order valence-electron chi connectivity index (χ2n) is 13.1. The highest BCUT2D eigenvalue weighted by atomic mass is 32.1. The number of nitrogens with zero attached hydrogens (tertiary/aromatic N) is 2. The standard InChI is InChI=1S/C44H30N4S/c1-3-13-27(14-4-1)43-31-19-7-10-20-36(31)45-44(46-43)48-38-24-35-30-18-9-12-22-41(30)49-42(35)25-34(38)33-23-32-29-17-8-11-21-37(29)47(39(32)26-40(33)48)28-15-5-2-6-16-28/h1-26,43-46H. The van der Waals surface area contributed by atoms with Crippen LogP contribution in [0.4, 0.5) is 5.69 Å². The Morgan fingerprint density at radius 1 is 0.469 bits per heavy atom. The van der Waals surface area contributed by atoms with Crippen molar-refractivity contribution in [1.82, 2.24) is 14.5 Å². The smallest absolute Gasteiger partial charge is 0.160 e. The summed E-state index contributed by atoms with van der Waals surface area (Å²) in [4.78, 5) is 0. The Morgan fingerprint density at radius 2 is 1.14 bits per heavy atom. The maximum atomic E-state index is 4.06. The van der Waals surface area contributed by atoms with E-state index in [-0.39, 0.29) is 12.3 Å². The molecule has 2 atom stereocenters. The molecule has 0 saturated heterocycles. The third-order valence-corrected chi connectivity index (χ3v) is 11.5. The van der Waals surface area contributed by atoms with Gasteiger partial charge in [-0.2, -0.15) is 0 Å². The van der Waals surface area contributed by atoms with E-state index in [4.69, 9.17) is 0 Å². The molecule has 10 aromatic rings. The van der Waals surface area contributed by atoms with Gasteiger partial charge in [-0.1, -0.05) is 103 Å². The minimum atomic E-state index is -0.200. The number of nitrogens with one attached hydrogen (secondary N) is 2. The van der Waals surface area contributed by atoms with Crippen molar-refractivity contribution in [2.75, 3.05) is 5.32 Å². The van der Waals surface area contributed by atoms with E-state index in [1.165, 1.54) is 74.9 Å². The lowest BCUT2D eigenvalue weighted by molar-refractivity contribution is 0.417. The fourth-order valence-corrected chi connectivity index (χ4v) is 9.36. The third-order valence-electron chi connectivity index (χ3n) is 10.4. The number of para-hydroxylation sites is 3. The van der Waals surface area contributed by atoms with Gasteiger partial charge in [-0.05, 0) is 65.7 Å². The van der Waals surface area contributed by atoms with Gasteiger partial charge in [0.2, 0.25) is 0 Å². The molecule has 0 amide bonds. The van der Waals surface area contributed by atoms with Gasteiger partial charge in [-0.3, -0.25) is 5.32 Å². The van der Waals surface area contributed by atoms with E-state index in [9.17, 15) is 0 Å². The summed E-state index contributed by atoms with van der Waals surface area (Å²) in [5, 5.41) is 15.7. The normalized spacial score (nSPS) is 16.2. The Hall–Kier alpha value is -5.88. The minimum absolute atomic E-state index is 0.0290. The van der Waals surface area contributed by atoms with Crippen molar-refractivity contribution >= 4 is 80.8 Å². The summed E-state index contributed by atoms with van der Waals surface area (Å²) in [6.07, 6.45) is -0.200. The number of thiophene rings is 1. The van der Waals surface area contributed by atoms with Gasteiger partial charge in [-0.15, -0.1) is 11.3 Å². The van der Waals surface area contributed by atoms with Crippen LogP contribution in [0.15, 0.2) is 158 Å². The second kappa shape index (κ2) is 10.3. The first kappa shape index (κ1) is 27.1. The molecule has 7 aromatic carbocycles. The zero-order chi connectivity index (χ0) is 32.1. The van der Waals surface area contributed by atoms with Gasteiger partial charge in [0.05, 0.1) is 28.1 Å². The van der Waals surface area contributed by atoms with Crippen LogP contribution in [0.5, 0.6) is 0 Å². The van der Waals surface area contributed by atoms with Gasteiger partial charge in [0.1, 0.15) is 0 Å². The molecule has 0 radical (unpaired) electrons. The van der Waals surface area contributed by atoms with E-state index in [0.717, 1.165) is 11.4 Å². The van der Waals surface area contributed by atoms with Crippen LogP contribution in [-0.2, 0) is 0 Å². The van der Waals surface area contributed by atoms with Crippen molar-refractivity contribution in [2.24, 2.45) is 0 Å². The molecule has 0 spiro atoms. The number of aromatic nitrogens is 2. The number of rotatable bonds is 3. The molecule has 1 aliphatic rings. The molecule has 5 heteroatoms. The lowest BCUT2D eigenvalue weighted by Gasteiger charge is -2.36. The molecule has 49 heavy (non-hydrogen) atoms. The van der Waals surface area contributed by atoms with E-state index in [0.29, 0.717) is 0 Å². The average Bonchev–Trinajstić information content (AvgIpc) is 3.80. The maximum Gasteiger partial charge on any atom is 0.160 e. The summed E-state index contributed by atoms with van der Waals surface area (Å²) in [6, 6.07) is 57.6. The molecule has 3 aromatic heterocycles. The van der Waals surface area contributed by atoms with Gasteiger partial charge in [0.25, 0.3) is 0 Å². The fraction of sp³-hybridized carbons (Fsp3) is 0.0455. The molecule has 0 aliphatic carbocycles.